The van der Waals surface area contributed by atoms with Crippen LogP contribution in [0.5, 0.6) is 5.75 Å². The molecular formula is C24H30N6O3. The van der Waals surface area contributed by atoms with Crippen LogP contribution in [-0.2, 0) is 20.1 Å². The fourth-order valence-corrected chi connectivity index (χ4v) is 4.16. The third-order valence-corrected chi connectivity index (χ3v) is 5.79. The summed E-state index contributed by atoms with van der Waals surface area (Å²) >= 11 is 0. The smallest absolute Gasteiger partial charge is 0.330 e. The first-order valence-electron chi connectivity index (χ1n) is 11.2. The van der Waals surface area contributed by atoms with Gasteiger partial charge in [-0.3, -0.25) is 19.0 Å². The number of H-pyrrole nitrogens is 1. The van der Waals surface area contributed by atoms with Crippen LogP contribution in [0.25, 0.3) is 22.6 Å². The van der Waals surface area contributed by atoms with Crippen molar-refractivity contribution in [3.63, 3.8) is 0 Å². The average molecular weight is 451 g/mol. The van der Waals surface area contributed by atoms with Crippen molar-refractivity contribution >= 4 is 11.2 Å². The fourth-order valence-electron chi connectivity index (χ4n) is 4.16. The molecule has 0 spiro atoms. The Hall–Kier alpha value is -3.62. The second-order valence-electron chi connectivity index (χ2n) is 8.53. The zero-order valence-corrected chi connectivity index (χ0v) is 19.8. The molecule has 33 heavy (non-hydrogen) atoms. The normalized spacial score (nSPS) is 11.6. The first kappa shape index (κ1) is 22.6. The summed E-state index contributed by atoms with van der Waals surface area (Å²) in [5.74, 6) is 1.48. The maximum Gasteiger partial charge on any atom is 0.330 e. The summed E-state index contributed by atoms with van der Waals surface area (Å²) in [5, 5.41) is 4.63. The van der Waals surface area contributed by atoms with E-state index < -0.39 is 11.2 Å². The molecule has 1 N–H and O–H groups in total. The number of aromatic nitrogens is 6. The molecule has 0 aliphatic heterocycles. The Balaban J connectivity index is 2.06. The fraction of sp³-hybridized carbons (Fsp3) is 0.417. The summed E-state index contributed by atoms with van der Waals surface area (Å²) in [6.07, 6.45) is 3.64. The minimum atomic E-state index is -0.452. The molecule has 0 saturated heterocycles. The Morgan fingerprint density at radius 2 is 1.91 bits per heavy atom. The zero-order valence-electron chi connectivity index (χ0n) is 19.8. The van der Waals surface area contributed by atoms with Gasteiger partial charge < -0.3 is 9.30 Å². The van der Waals surface area contributed by atoms with E-state index in [1.54, 1.807) is 16.4 Å². The molecule has 0 amide bonds. The van der Waals surface area contributed by atoms with Gasteiger partial charge in [-0.2, -0.15) is 5.10 Å². The SMILES string of the molecule is CCCCn1c(=O)[nH]c(=O)c2c1nc(-c1cn(C)nc1C(C)C)n2Cc1ccccc1OC. The zero-order chi connectivity index (χ0) is 23.7. The monoisotopic (exact) mass is 450 g/mol. The number of aryl methyl sites for hydroxylation is 2. The molecule has 3 heterocycles. The summed E-state index contributed by atoms with van der Waals surface area (Å²) in [5.41, 5.74) is 2.49. The highest BCUT2D eigenvalue weighted by Crippen LogP contribution is 2.31. The minimum Gasteiger partial charge on any atom is -0.496 e. The molecule has 9 heteroatoms. The molecule has 0 fully saturated rings. The van der Waals surface area contributed by atoms with E-state index in [0.717, 1.165) is 35.4 Å². The van der Waals surface area contributed by atoms with Crippen LogP contribution in [0.2, 0.25) is 0 Å². The maximum atomic E-state index is 13.1. The highest BCUT2D eigenvalue weighted by atomic mass is 16.5. The largest absolute Gasteiger partial charge is 0.496 e. The molecule has 9 nitrogen and oxygen atoms in total. The molecule has 3 aromatic heterocycles. The summed E-state index contributed by atoms with van der Waals surface area (Å²) in [6, 6.07) is 7.69. The van der Waals surface area contributed by atoms with Crippen molar-refractivity contribution in [3.05, 3.63) is 62.6 Å². The number of imidazole rings is 1. The van der Waals surface area contributed by atoms with Crippen molar-refractivity contribution in [1.29, 1.82) is 0 Å². The predicted molar refractivity (Wildman–Crippen MR) is 128 cm³/mol. The van der Waals surface area contributed by atoms with Crippen LogP contribution in [0.1, 0.15) is 50.8 Å². The Labute approximate surface area is 191 Å². The van der Waals surface area contributed by atoms with Crippen molar-refractivity contribution in [2.24, 2.45) is 7.05 Å². The van der Waals surface area contributed by atoms with Gasteiger partial charge in [0, 0.05) is 25.4 Å². The topological polar surface area (TPSA) is 99.7 Å². The van der Waals surface area contributed by atoms with Gasteiger partial charge in [0.15, 0.2) is 11.2 Å². The highest BCUT2D eigenvalue weighted by Gasteiger charge is 2.24. The van der Waals surface area contributed by atoms with Crippen LogP contribution in [0.3, 0.4) is 0 Å². The molecule has 4 aromatic rings. The van der Waals surface area contributed by atoms with E-state index in [1.165, 1.54) is 0 Å². The number of rotatable bonds is 8. The van der Waals surface area contributed by atoms with Gasteiger partial charge in [-0.1, -0.05) is 45.4 Å². The van der Waals surface area contributed by atoms with Gasteiger partial charge in [-0.25, -0.2) is 9.78 Å². The summed E-state index contributed by atoms with van der Waals surface area (Å²) in [6.45, 7) is 7.05. The van der Waals surface area contributed by atoms with Crippen LogP contribution in [-0.4, -0.2) is 36.0 Å². The number of para-hydroxylation sites is 1. The first-order valence-corrected chi connectivity index (χ1v) is 11.2. The second kappa shape index (κ2) is 9.09. The first-order chi connectivity index (χ1) is 15.8. The van der Waals surface area contributed by atoms with Crippen LogP contribution >= 0.6 is 0 Å². The minimum absolute atomic E-state index is 0.154. The molecular weight excluding hydrogens is 420 g/mol. The third-order valence-electron chi connectivity index (χ3n) is 5.79. The number of methoxy groups -OCH3 is 1. The Bertz CT molecular complexity index is 1410. The van der Waals surface area contributed by atoms with E-state index in [-0.39, 0.29) is 5.92 Å². The molecule has 0 radical (unpaired) electrons. The van der Waals surface area contributed by atoms with E-state index in [0.29, 0.717) is 30.1 Å². The number of nitrogens with one attached hydrogen (secondary N) is 1. The molecule has 0 atom stereocenters. The maximum absolute atomic E-state index is 13.1. The van der Waals surface area contributed by atoms with E-state index in [1.807, 2.05) is 42.1 Å². The Morgan fingerprint density at radius 3 is 2.61 bits per heavy atom. The Kier molecular flexibility index (Phi) is 6.22. The van der Waals surface area contributed by atoms with E-state index in [4.69, 9.17) is 9.72 Å². The van der Waals surface area contributed by atoms with Crippen molar-refractivity contribution in [2.75, 3.05) is 7.11 Å². The van der Waals surface area contributed by atoms with E-state index in [9.17, 15) is 9.59 Å². The van der Waals surface area contributed by atoms with Crippen LogP contribution in [0, 0.1) is 0 Å². The quantitative estimate of drug-likeness (QED) is 0.444. The summed E-state index contributed by atoms with van der Waals surface area (Å²) in [7, 11) is 3.49. The number of unbranched alkanes of at least 4 members (excludes halogenated alkanes) is 1. The lowest BCUT2D eigenvalue weighted by Crippen LogP contribution is -2.31. The lowest BCUT2D eigenvalue weighted by Gasteiger charge is -2.13. The van der Waals surface area contributed by atoms with Gasteiger partial charge in [0.2, 0.25) is 0 Å². The van der Waals surface area contributed by atoms with Crippen LogP contribution < -0.4 is 16.0 Å². The lowest BCUT2D eigenvalue weighted by atomic mass is 10.1. The molecule has 174 valence electrons. The molecule has 0 saturated carbocycles. The van der Waals surface area contributed by atoms with E-state index >= 15 is 0 Å². The number of nitrogens with zero attached hydrogens (tertiary/aromatic N) is 5. The standard InChI is InChI=1S/C24H30N6O3/c1-6-7-12-29-22-20(23(31)26-24(29)32)30(13-16-10-8-9-11-18(16)33-5)21(25-22)17-14-28(4)27-19(17)15(2)3/h8-11,14-15H,6-7,12-13H2,1-5H3,(H,26,31,32). The molecule has 0 aliphatic rings. The molecule has 0 bridgehead atoms. The predicted octanol–water partition coefficient (Wildman–Crippen LogP) is 3.27. The Morgan fingerprint density at radius 1 is 1.15 bits per heavy atom. The molecule has 4 rings (SSSR count). The molecule has 0 unspecified atom stereocenters. The third kappa shape index (κ3) is 4.10. The van der Waals surface area contributed by atoms with Gasteiger partial charge in [0.05, 0.1) is 24.9 Å². The van der Waals surface area contributed by atoms with Gasteiger partial charge in [0.1, 0.15) is 11.6 Å². The van der Waals surface area contributed by atoms with Crippen molar-refractivity contribution in [3.8, 4) is 17.1 Å². The number of hydrogen-bond donors (Lipinski definition) is 1. The van der Waals surface area contributed by atoms with Crippen LogP contribution in [0.15, 0.2) is 40.1 Å². The van der Waals surface area contributed by atoms with Crippen LogP contribution in [0.4, 0.5) is 0 Å². The highest BCUT2D eigenvalue weighted by molar-refractivity contribution is 5.78. The van der Waals surface area contributed by atoms with Gasteiger partial charge >= 0.3 is 5.69 Å². The number of aromatic amines is 1. The second-order valence-corrected chi connectivity index (χ2v) is 8.53. The summed E-state index contributed by atoms with van der Waals surface area (Å²) in [4.78, 5) is 33.1. The molecule has 1 aromatic carbocycles. The van der Waals surface area contributed by atoms with Crippen molar-refractivity contribution < 1.29 is 4.74 Å². The number of ether oxygens (including phenoxy) is 1. The van der Waals surface area contributed by atoms with E-state index in [2.05, 4.69) is 30.9 Å². The lowest BCUT2D eigenvalue weighted by molar-refractivity contribution is 0.408. The average Bonchev–Trinajstić information content (AvgIpc) is 3.35. The van der Waals surface area contributed by atoms with Gasteiger partial charge in [-0.05, 0) is 18.4 Å². The van der Waals surface area contributed by atoms with Crippen molar-refractivity contribution in [1.82, 2.24) is 28.9 Å². The summed E-state index contributed by atoms with van der Waals surface area (Å²) < 4.78 is 10.7. The molecule has 0 aliphatic carbocycles. The number of fused-ring (bicyclic) bond motifs is 1. The number of hydrogen-bond acceptors (Lipinski definition) is 5. The number of benzene rings is 1. The van der Waals surface area contributed by atoms with Gasteiger partial charge in [0.25, 0.3) is 5.56 Å². The van der Waals surface area contributed by atoms with Crippen molar-refractivity contribution in [2.45, 2.75) is 52.6 Å². The van der Waals surface area contributed by atoms with Gasteiger partial charge in [-0.15, -0.1) is 0 Å².